The van der Waals surface area contributed by atoms with Gasteiger partial charge in [-0.25, -0.2) is 13.0 Å². The largest absolute Gasteiger partial charge is 0.744 e. The molecule has 0 bridgehead atoms. The summed E-state index contributed by atoms with van der Waals surface area (Å²) in [6, 6.07) is 16.2. The van der Waals surface area contributed by atoms with Gasteiger partial charge in [-0.3, -0.25) is 4.98 Å². The van der Waals surface area contributed by atoms with Gasteiger partial charge in [0.25, 0.3) is 0 Å². The molecule has 6 heteroatoms. The van der Waals surface area contributed by atoms with E-state index in [4.69, 9.17) is 0 Å². The molecule has 0 atom stereocenters. The zero-order valence-corrected chi connectivity index (χ0v) is 13.5. The van der Waals surface area contributed by atoms with Crippen LogP contribution in [0.3, 0.4) is 0 Å². The third-order valence-electron chi connectivity index (χ3n) is 3.12. The molecule has 0 aliphatic heterocycles. The normalized spacial score (nSPS) is 10.7. The van der Waals surface area contributed by atoms with E-state index in [1.54, 1.807) is 12.1 Å². The van der Waals surface area contributed by atoms with Crippen LogP contribution in [0.1, 0.15) is 11.1 Å². The van der Waals surface area contributed by atoms with Gasteiger partial charge in [0.1, 0.15) is 29.1 Å². The van der Waals surface area contributed by atoms with Crippen LogP contribution in [0.2, 0.25) is 0 Å². The lowest BCUT2D eigenvalue weighted by Gasteiger charge is -2.05. The molecule has 2 aromatic carbocycles. The highest BCUT2D eigenvalue weighted by Gasteiger charge is 1.98. The molecule has 0 fully saturated rings. The highest BCUT2D eigenvalue weighted by molar-refractivity contribution is 7.85. The lowest BCUT2D eigenvalue weighted by atomic mass is 10.2. The summed E-state index contributed by atoms with van der Waals surface area (Å²) < 4.78 is 33.3. The predicted octanol–water partition coefficient (Wildman–Crippen LogP) is 2.25. The van der Waals surface area contributed by atoms with Gasteiger partial charge in [0.05, 0.1) is 4.90 Å². The van der Waals surface area contributed by atoms with Crippen LogP contribution in [0.25, 0.3) is 0 Å². The molecule has 0 spiro atoms. The molecule has 1 N–H and O–H groups in total. The number of H-pyrrole nitrogens is 1. The van der Waals surface area contributed by atoms with E-state index in [2.05, 4.69) is 33.8 Å². The maximum Gasteiger partial charge on any atom is 0.241 e. The number of imidazole rings is 1. The molecule has 0 aliphatic carbocycles. The molecule has 0 amide bonds. The van der Waals surface area contributed by atoms with E-state index in [0.717, 1.165) is 12.1 Å². The van der Waals surface area contributed by atoms with Crippen molar-refractivity contribution in [1.82, 2.24) is 4.98 Å². The van der Waals surface area contributed by atoms with Crippen molar-refractivity contribution in [3.8, 4) is 0 Å². The van der Waals surface area contributed by atoms with Crippen LogP contribution in [0, 0.1) is 6.92 Å². The van der Waals surface area contributed by atoms with Crippen LogP contribution in [0.4, 0.5) is 0 Å². The first kappa shape index (κ1) is 16.9. The van der Waals surface area contributed by atoms with Gasteiger partial charge in [-0.05, 0) is 24.6 Å². The minimum absolute atomic E-state index is 0.178. The van der Waals surface area contributed by atoms with E-state index < -0.39 is 10.1 Å². The van der Waals surface area contributed by atoms with Gasteiger partial charge in [0.2, 0.25) is 6.33 Å². The number of aromatic nitrogens is 2. The van der Waals surface area contributed by atoms with Crippen LogP contribution in [0.15, 0.2) is 78.2 Å². The zero-order valence-electron chi connectivity index (χ0n) is 12.7. The quantitative estimate of drug-likeness (QED) is 0.591. The van der Waals surface area contributed by atoms with E-state index in [1.807, 2.05) is 31.7 Å². The fourth-order valence-corrected chi connectivity index (χ4v) is 2.39. The van der Waals surface area contributed by atoms with Crippen molar-refractivity contribution in [2.24, 2.45) is 0 Å². The van der Waals surface area contributed by atoms with E-state index in [9.17, 15) is 13.0 Å². The molecule has 120 valence electrons. The SMILES string of the molecule is Cc1ccc(S(=O)(=O)[O-])cc1.c1ccc(C[n+]2cc[nH]c2)cc1. The molecular formula is C17H18N2O3S. The zero-order chi connectivity index (χ0) is 16.7. The van der Waals surface area contributed by atoms with Crippen LogP contribution < -0.4 is 4.57 Å². The molecule has 3 rings (SSSR count). The summed E-state index contributed by atoms with van der Waals surface area (Å²) in [4.78, 5) is 2.84. The molecular weight excluding hydrogens is 312 g/mol. The Kier molecular flexibility index (Phi) is 5.67. The van der Waals surface area contributed by atoms with Crippen LogP contribution >= 0.6 is 0 Å². The summed E-state index contributed by atoms with van der Waals surface area (Å²) in [6.07, 6.45) is 5.89. The van der Waals surface area contributed by atoms with E-state index in [1.165, 1.54) is 17.7 Å². The van der Waals surface area contributed by atoms with Crippen molar-refractivity contribution in [2.45, 2.75) is 18.4 Å². The minimum atomic E-state index is -4.27. The Morgan fingerprint density at radius 1 is 1.04 bits per heavy atom. The molecule has 0 saturated carbocycles. The standard InChI is InChI=1S/C10H10N2.C7H8O3S/c1-2-4-10(5-3-1)8-12-7-6-11-9-12;1-6-2-4-7(5-3-6)11(8,9)10/h1-7,9H,8H2;2-5H,1H3,(H,8,9,10). The van der Waals surface area contributed by atoms with Crippen LogP contribution in [-0.4, -0.2) is 18.0 Å². The molecule has 23 heavy (non-hydrogen) atoms. The highest BCUT2D eigenvalue weighted by atomic mass is 32.2. The average Bonchev–Trinajstić information content (AvgIpc) is 3.01. The summed E-state index contributed by atoms with van der Waals surface area (Å²) in [5, 5.41) is 0. The Morgan fingerprint density at radius 2 is 1.70 bits per heavy atom. The van der Waals surface area contributed by atoms with Gasteiger partial charge in [0, 0.05) is 0 Å². The van der Waals surface area contributed by atoms with E-state index >= 15 is 0 Å². The Bertz CT molecular complexity index is 812. The van der Waals surface area contributed by atoms with Crippen molar-refractivity contribution in [3.63, 3.8) is 0 Å². The van der Waals surface area contributed by atoms with Crippen molar-refractivity contribution in [1.29, 1.82) is 0 Å². The number of aryl methyl sites for hydroxylation is 1. The maximum atomic E-state index is 10.4. The first-order valence-electron chi connectivity index (χ1n) is 7.03. The summed E-state index contributed by atoms with van der Waals surface area (Å²) in [6.45, 7) is 2.76. The van der Waals surface area contributed by atoms with Crippen molar-refractivity contribution in [3.05, 3.63) is 84.4 Å². The molecule has 3 aromatic rings. The number of rotatable bonds is 3. The van der Waals surface area contributed by atoms with E-state index in [0.29, 0.717) is 0 Å². The summed E-state index contributed by atoms with van der Waals surface area (Å²) in [5.41, 5.74) is 2.25. The molecule has 5 nitrogen and oxygen atoms in total. The second kappa shape index (κ2) is 7.71. The number of benzene rings is 2. The lowest BCUT2D eigenvalue weighted by molar-refractivity contribution is -0.687. The molecule has 1 aromatic heterocycles. The predicted molar refractivity (Wildman–Crippen MR) is 85.7 cm³/mol. The number of hydrogen-bond donors (Lipinski definition) is 1. The van der Waals surface area contributed by atoms with Crippen molar-refractivity contribution < 1.29 is 17.5 Å². The second-order valence-electron chi connectivity index (χ2n) is 5.04. The van der Waals surface area contributed by atoms with Crippen molar-refractivity contribution >= 4 is 10.1 Å². The van der Waals surface area contributed by atoms with Crippen molar-refractivity contribution in [2.75, 3.05) is 0 Å². The number of aromatic amines is 1. The van der Waals surface area contributed by atoms with Gasteiger partial charge in [-0.1, -0.05) is 48.0 Å². The Balaban J connectivity index is 0.000000168. The number of hydrogen-bond acceptors (Lipinski definition) is 3. The summed E-state index contributed by atoms with van der Waals surface area (Å²) >= 11 is 0. The number of nitrogens with one attached hydrogen (secondary N) is 1. The van der Waals surface area contributed by atoms with Gasteiger partial charge in [-0.2, -0.15) is 0 Å². The highest BCUT2D eigenvalue weighted by Crippen LogP contribution is 2.08. The Hall–Kier alpha value is -2.44. The van der Waals surface area contributed by atoms with Crippen LogP contribution in [0.5, 0.6) is 0 Å². The molecule has 0 radical (unpaired) electrons. The van der Waals surface area contributed by atoms with E-state index in [-0.39, 0.29) is 4.90 Å². The summed E-state index contributed by atoms with van der Waals surface area (Å²) in [7, 11) is -4.27. The van der Waals surface area contributed by atoms with Gasteiger partial charge in [0.15, 0.2) is 0 Å². The first-order chi connectivity index (χ1) is 10.9. The number of nitrogens with zero attached hydrogens (tertiary/aromatic N) is 1. The van der Waals surface area contributed by atoms with Gasteiger partial charge < -0.3 is 4.55 Å². The third kappa shape index (κ3) is 5.69. The molecule has 0 unspecified atom stereocenters. The molecule has 0 aliphatic rings. The molecule has 0 saturated heterocycles. The Morgan fingerprint density at radius 3 is 2.22 bits per heavy atom. The smallest absolute Gasteiger partial charge is 0.241 e. The minimum Gasteiger partial charge on any atom is -0.744 e. The molecule has 1 heterocycles. The average molecular weight is 330 g/mol. The topological polar surface area (TPSA) is 76.9 Å². The fourth-order valence-electron chi connectivity index (χ4n) is 1.92. The van der Waals surface area contributed by atoms with Gasteiger partial charge >= 0.3 is 0 Å². The Labute approximate surface area is 136 Å². The fraction of sp³-hybridized carbons (Fsp3) is 0.118. The first-order valence-corrected chi connectivity index (χ1v) is 8.44. The van der Waals surface area contributed by atoms with Crippen LogP contribution in [-0.2, 0) is 16.7 Å². The summed E-state index contributed by atoms with van der Waals surface area (Å²) in [5.74, 6) is 0. The maximum absolute atomic E-state index is 10.4. The second-order valence-corrected chi connectivity index (χ2v) is 6.42. The van der Waals surface area contributed by atoms with Gasteiger partial charge in [-0.15, -0.1) is 0 Å². The third-order valence-corrected chi connectivity index (χ3v) is 3.97. The lowest BCUT2D eigenvalue weighted by Crippen LogP contribution is -2.30. The monoisotopic (exact) mass is 330 g/mol.